The van der Waals surface area contributed by atoms with E-state index < -0.39 is 11.7 Å². The molecule has 0 amide bonds. The van der Waals surface area contributed by atoms with Gasteiger partial charge in [-0.3, -0.25) is 4.98 Å². The summed E-state index contributed by atoms with van der Waals surface area (Å²) in [6.45, 7) is 4.45. The van der Waals surface area contributed by atoms with Gasteiger partial charge in [0.05, 0.1) is 29.3 Å². The molecule has 2 aromatic rings. The van der Waals surface area contributed by atoms with E-state index in [4.69, 9.17) is 0 Å². The zero-order valence-electron chi connectivity index (χ0n) is 11.8. The molecular weight excluding hydrogens is 279 g/mol. The average molecular weight is 295 g/mol. The minimum Gasteiger partial charge on any atom is -0.384 e. The van der Waals surface area contributed by atoms with E-state index in [9.17, 15) is 13.2 Å². The Kier molecular flexibility index (Phi) is 4.35. The first-order chi connectivity index (χ1) is 9.90. The predicted octanol–water partition coefficient (Wildman–Crippen LogP) is 4.58. The average Bonchev–Trinajstić information content (AvgIpc) is 2.41. The van der Waals surface area contributed by atoms with Crippen LogP contribution in [-0.2, 0) is 6.18 Å². The molecule has 2 rings (SSSR count). The Hall–Kier alpha value is -2.24. The van der Waals surface area contributed by atoms with E-state index in [0.717, 1.165) is 29.9 Å². The van der Waals surface area contributed by atoms with Gasteiger partial charge in [-0.25, -0.2) is 0 Å². The van der Waals surface area contributed by atoms with Crippen LogP contribution in [0.5, 0.6) is 0 Å². The van der Waals surface area contributed by atoms with Crippen molar-refractivity contribution in [3.05, 3.63) is 47.8 Å². The Morgan fingerprint density at radius 2 is 1.81 bits per heavy atom. The molecule has 0 fully saturated rings. The molecular formula is C15H16F3N3. The molecule has 0 aliphatic rings. The van der Waals surface area contributed by atoms with Crippen molar-refractivity contribution >= 4 is 17.1 Å². The fourth-order valence-corrected chi connectivity index (χ4v) is 1.90. The quantitative estimate of drug-likeness (QED) is 0.866. The first-order valence-electron chi connectivity index (χ1n) is 6.54. The van der Waals surface area contributed by atoms with Crippen LogP contribution >= 0.6 is 0 Å². The van der Waals surface area contributed by atoms with E-state index in [2.05, 4.69) is 15.6 Å². The fraction of sp³-hybridized carbons (Fsp3) is 0.267. The van der Waals surface area contributed by atoms with Crippen molar-refractivity contribution in [1.29, 1.82) is 0 Å². The molecule has 1 aromatic carbocycles. The summed E-state index contributed by atoms with van der Waals surface area (Å²) in [5.41, 5.74) is 1.92. The van der Waals surface area contributed by atoms with Crippen molar-refractivity contribution in [2.24, 2.45) is 0 Å². The highest BCUT2D eigenvalue weighted by Crippen LogP contribution is 2.33. The topological polar surface area (TPSA) is 37.0 Å². The number of halogens is 3. The minimum absolute atomic E-state index is 0.417. The zero-order chi connectivity index (χ0) is 15.5. The number of rotatable bonds is 4. The molecule has 0 radical (unpaired) electrons. The zero-order valence-corrected chi connectivity index (χ0v) is 11.8. The molecule has 1 aromatic heterocycles. The van der Waals surface area contributed by atoms with Gasteiger partial charge in [-0.15, -0.1) is 0 Å². The number of alkyl halides is 3. The van der Waals surface area contributed by atoms with Gasteiger partial charge >= 0.3 is 6.18 Å². The summed E-state index contributed by atoms with van der Waals surface area (Å²) in [4.78, 5) is 4.05. The maximum Gasteiger partial charge on any atom is 0.416 e. The van der Waals surface area contributed by atoms with Crippen LogP contribution in [0.4, 0.5) is 30.2 Å². The van der Waals surface area contributed by atoms with Gasteiger partial charge in [0.15, 0.2) is 0 Å². The Morgan fingerprint density at radius 1 is 1.10 bits per heavy atom. The first kappa shape index (κ1) is 15.2. The Morgan fingerprint density at radius 3 is 2.48 bits per heavy atom. The van der Waals surface area contributed by atoms with Gasteiger partial charge in [0.25, 0.3) is 0 Å². The molecule has 0 aliphatic carbocycles. The molecule has 2 N–H and O–H groups in total. The number of nitrogens with one attached hydrogen (secondary N) is 2. The second-order valence-electron chi connectivity index (χ2n) is 4.65. The second-order valence-corrected chi connectivity index (χ2v) is 4.65. The summed E-state index contributed by atoms with van der Waals surface area (Å²) in [7, 11) is 0. The van der Waals surface area contributed by atoms with Gasteiger partial charge in [-0.1, -0.05) is 6.07 Å². The van der Waals surface area contributed by atoms with Crippen molar-refractivity contribution in [3.8, 4) is 0 Å². The SMILES string of the molecule is CCNc1cncc(Nc2cc(C(F)(F)F)ccc2C)c1. The van der Waals surface area contributed by atoms with Crippen LogP contribution in [0.3, 0.4) is 0 Å². The third-order valence-electron chi connectivity index (χ3n) is 2.96. The van der Waals surface area contributed by atoms with E-state index in [0.29, 0.717) is 11.4 Å². The second kappa shape index (κ2) is 6.03. The number of hydrogen-bond donors (Lipinski definition) is 2. The monoisotopic (exact) mass is 295 g/mol. The molecule has 0 saturated heterocycles. The number of aryl methyl sites for hydroxylation is 1. The van der Waals surface area contributed by atoms with Crippen LogP contribution in [-0.4, -0.2) is 11.5 Å². The van der Waals surface area contributed by atoms with Crippen molar-refractivity contribution < 1.29 is 13.2 Å². The van der Waals surface area contributed by atoms with E-state index in [-0.39, 0.29) is 0 Å². The highest BCUT2D eigenvalue weighted by atomic mass is 19.4. The number of nitrogens with zero attached hydrogens (tertiary/aromatic N) is 1. The molecule has 0 bridgehead atoms. The molecule has 0 atom stereocenters. The highest BCUT2D eigenvalue weighted by molar-refractivity contribution is 5.66. The lowest BCUT2D eigenvalue weighted by atomic mass is 10.1. The van der Waals surface area contributed by atoms with Crippen LogP contribution in [0.25, 0.3) is 0 Å². The van der Waals surface area contributed by atoms with Crippen molar-refractivity contribution in [3.63, 3.8) is 0 Å². The molecule has 0 spiro atoms. The Bertz CT molecular complexity index is 624. The Balaban J connectivity index is 2.28. The summed E-state index contributed by atoms with van der Waals surface area (Å²) in [5.74, 6) is 0. The van der Waals surface area contributed by atoms with E-state index in [1.54, 1.807) is 25.4 Å². The number of benzene rings is 1. The molecule has 6 heteroatoms. The summed E-state index contributed by atoms with van der Waals surface area (Å²) >= 11 is 0. The number of hydrogen-bond acceptors (Lipinski definition) is 3. The number of aromatic nitrogens is 1. The molecule has 21 heavy (non-hydrogen) atoms. The Labute approximate surface area is 121 Å². The van der Waals surface area contributed by atoms with Gasteiger partial charge in [-0.2, -0.15) is 13.2 Å². The van der Waals surface area contributed by atoms with Crippen molar-refractivity contribution in [2.75, 3.05) is 17.2 Å². The number of pyridine rings is 1. The molecule has 1 heterocycles. The van der Waals surface area contributed by atoms with Gasteiger partial charge < -0.3 is 10.6 Å². The largest absolute Gasteiger partial charge is 0.416 e. The maximum absolute atomic E-state index is 12.8. The van der Waals surface area contributed by atoms with Gasteiger partial charge in [0, 0.05) is 12.2 Å². The molecule has 0 aliphatic heterocycles. The normalized spacial score (nSPS) is 11.3. The van der Waals surface area contributed by atoms with Crippen LogP contribution in [0.15, 0.2) is 36.7 Å². The van der Waals surface area contributed by atoms with Gasteiger partial charge in [-0.05, 0) is 37.6 Å². The molecule has 0 unspecified atom stereocenters. The maximum atomic E-state index is 12.8. The van der Waals surface area contributed by atoms with Crippen LogP contribution in [0.2, 0.25) is 0 Å². The summed E-state index contributed by atoms with van der Waals surface area (Å²) in [6.07, 6.45) is -1.12. The highest BCUT2D eigenvalue weighted by Gasteiger charge is 2.30. The van der Waals surface area contributed by atoms with Crippen LogP contribution < -0.4 is 10.6 Å². The van der Waals surface area contributed by atoms with Crippen molar-refractivity contribution in [2.45, 2.75) is 20.0 Å². The first-order valence-corrected chi connectivity index (χ1v) is 6.54. The molecule has 112 valence electrons. The molecule has 3 nitrogen and oxygen atoms in total. The fourth-order valence-electron chi connectivity index (χ4n) is 1.90. The standard InChI is InChI=1S/C15H16F3N3/c1-3-20-12-7-13(9-19-8-12)21-14-6-11(15(16,17)18)5-4-10(14)2/h4-9,20-21H,3H2,1-2H3. The summed E-state index contributed by atoms with van der Waals surface area (Å²) in [5, 5.41) is 6.08. The van der Waals surface area contributed by atoms with Gasteiger partial charge in [0.2, 0.25) is 0 Å². The van der Waals surface area contributed by atoms with Gasteiger partial charge in [0.1, 0.15) is 0 Å². The van der Waals surface area contributed by atoms with Crippen LogP contribution in [0, 0.1) is 6.92 Å². The third kappa shape index (κ3) is 3.87. The lowest BCUT2D eigenvalue weighted by Crippen LogP contribution is -2.06. The van der Waals surface area contributed by atoms with Crippen molar-refractivity contribution in [1.82, 2.24) is 4.98 Å². The van der Waals surface area contributed by atoms with E-state index in [1.165, 1.54) is 6.07 Å². The lowest BCUT2D eigenvalue weighted by molar-refractivity contribution is -0.137. The smallest absolute Gasteiger partial charge is 0.384 e. The molecule has 0 saturated carbocycles. The third-order valence-corrected chi connectivity index (χ3v) is 2.96. The summed E-state index contributed by atoms with van der Waals surface area (Å²) < 4.78 is 38.3. The lowest BCUT2D eigenvalue weighted by Gasteiger charge is -2.14. The van der Waals surface area contributed by atoms with E-state index in [1.807, 2.05) is 6.92 Å². The van der Waals surface area contributed by atoms with E-state index >= 15 is 0 Å². The van der Waals surface area contributed by atoms with Crippen LogP contribution in [0.1, 0.15) is 18.1 Å². The summed E-state index contributed by atoms with van der Waals surface area (Å²) in [6, 6.07) is 5.44. The number of anilines is 3. The predicted molar refractivity (Wildman–Crippen MR) is 77.9 cm³/mol. The minimum atomic E-state index is -4.35.